The number of hydrogen-bond donors (Lipinski definition) is 0. The number of rotatable bonds is 8. The molecule has 1 amide bonds. The molecule has 0 saturated heterocycles. The molecule has 0 atom stereocenters. The zero-order valence-electron chi connectivity index (χ0n) is 16.0. The third-order valence-electron chi connectivity index (χ3n) is 4.11. The molecule has 2 aromatic carbocycles. The minimum absolute atomic E-state index is 0.0990. The molecular weight excluding hydrogens is 395 g/mol. The van der Waals surface area contributed by atoms with Crippen LogP contribution in [0.3, 0.4) is 0 Å². The van der Waals surface area contributed by atoms with E-state index in [0.29, 0.717) is 36.1 Å². The van der Waals surface area contributed by atoms with Crippen LogP contribution in [-0.2, 0) is 14.3 Å². The average molecular weight is 414 g/mol. The molecular formula is C21H19FN2O6. The maximum Gasteiger partial charge on any atom is 0.344 e. The van der Waals surface area contributed by atoms with Crippen molar-refractivity contribution in [2.45, 2.75) is 6.42 Å². The van der Waals surface area contributed by atoms with Crippen LogP contribution in [0.5, 0.6) is 17.2 Å². The Morgan fingerprint density at radius 2 is 1.80 bits per heavy atom. The highest BCUT2D eigenvalue weighted by molar-refractivity contribution is 5.95. The Hall–Kier alpha value is -3.80. The van der Waals surface area contributed by atoms with Gasteiger partial charge < -0.3 is 23.8 Å². The van der Waals surface area contributed by atoms with Crippen molar-refractivity contribution in [1.82, 2.24) is 0 Å². The fourth-order valence-corrected chi connectivity index (χ4v) is 2.69. The minimum atomic E-state index is -0.755. The molecule has 0 spiro atoms. The third kappa shape index (κ3) is 5.61. The van der Waals surface area contributed by atoms with Crippen LogP contribution in [0.4, 0.5) is 10.1 Å². The molecule has 1 heterocycles. The SMILES string of the molecule is N#CCCN(C(=O)COC(=O)COc1ccc(F)cc1)c1ccc2c(c1)OCCO2. The van der Waals surface area contributed by atoms with Gasteiger partial charge in [0.1, 0.15) is 24.8 Å². The molecule has 0 saturated carbocycles. The number of hydrogen-bond acceptors (Lipinski definition) is 7. The quantitative estimate of drug-likeness (QED) is 0.612. The van der Waals surface area contributed by atoms with E-state index < -0.39 is 30.9 Å². The van der Waals surface area contributed by atoms with Gasteiger partial charge in [-0.2, -0.15) is 5.26 Å². The summed E-state index contributed by atoms with van der Waals surface area (Å²) >= 11 is 0. The second-order valence-electron chi connectivity index (χ2n) is 6.18. The van der Waals surface area contributed by atoms with Gasteiger partial charge in [0, 0.05) is 18.3 Å². The maximum absolute atomic E-state index is 12.9. The molecule has 3 rings (SSSR count). The summed E-state index contributed by atoms with van der Waals surface area (Å²) in [6, 6.07) is 12.1. The summed E-state index contributed by atoms with van der Waals surface area (Å²) in [5.41, 5.74) is 0.498. The molecule has 0 bridgehead atoms. The van der Waals surface area contributed by atoms with Crippen LogP contribution >= 0.6 is 0 Å². The lowest BCUT2D eigenvalue weighted by Gasteiger charge is -2.24. The average Bonchev–Trinajstić information content (AvgIpc) is 2.77. The Bertz CT molecular complexity index is 942. The lowest BCUT2D eigenvalue weighted by atomic mass is 10.2. The van der Waals surface area contributed by atoms with E-state index >= 15 is 0 Å². The minimum Gasteiger partial charge on any atom is -0.486 e. The summed E-state index contributed by atoms with van der Waals surface area (Å²) in [5.74, 6) is -0.314. The fourth-order valence-electron chi connectivity index (χ4n) is 2.69. The molecule has 0 fully saturated rings. The van der Waals surface area contributed by atoms with Gasteiger partial charge in [0.2, 0.25) is 0 Å². The summed E-state index contributed by atoms with van der Waals surface area (Å²) in [6.45, 7) is 0.0128. The zero-order valence-corrected chi connectivity index (χ0v) is 16.0. The van der Waals surface area contributed by atoms with E-state index in [1.54, 1.807) is 18.2 Å². The Morgan fingerprint density at radius 1 is 1.07 bits per heavy atom. The Kier molecular flexibility index (Phi) is 7.05. The molecule has 156 valence electrons. The number of fused-ring (bicyclic) bond motifs is 1. The van der Waals surface area contributed by atoms with E-state index in [9.17, 15) is 14.0 Å². The van der Waals surface area contributed by atoms with Gasteiger partial charge >= 0.3 is 5.97 Å². The van der Waals surface area contributed by atoms with E-state index in [1.165, 1.54) is 29.2 Å². The Morgan fingerprint density at radius 3 is 2.53 bits per heavy atom. The number of carbonyl (C=O) groups excluding carboxylic acids is 2. The van der Waals surface area contributed by atoms with Gasteiger partial charge in [0.25, 0.3) is 5.91 Å². The molecule has 1 aliphatic rings. The van der Waals surface area contributed by atoms with E-state index in [2.05, 4.69) is 0 Å². The van der Waals surface area contributed by atoms with Crippen molar-refractivity contribution >= 4 is 17.6 Å². The van der Waals surface area contributed by atoms with Crippen molar-refractivity contribution in [3.05, 3.63) is 48.3 Å². The molecule has 8 nitrogen and oxygen atoms in total. The van der Waals surface area contributed by atoms with E-state index in [-0.39, 0.29) is 13.0 Å². The molecule has 0 aliphatic carbocycles. The van der Waals surface area contributed by atoms with Crippen LogP contribution in [-0.4, -0.2) is 44.8 Å². The summed E-state index contributed by atoms with van der Waals surface area (Å²) in [7, 11) is 0. The van der Waals surface area contributed by atoms with Crippen molar-refractivity contribution in [2.75, 3.05) is 37.9 Å². The first-order valence-electron chi connectivity index (χ1n) is 9.18. The standard InChI is InChI=1S/C21H19FN2O6/c22-15-2-5-17(6-3-15)29-14-21(26)30-13-20(25)24(9-1-8-23)16-4-7-18-19(12-16)28-11-10-27-18/h2-7,12H,1,9-11,13-14H2. The predicted octanol–water partition coefficient (Wildman–Crippen LogP) is 2.47. The molecule has 1 aliphatic heterocycles. The number of nitrogens with zero attached hydrogens (tertiary/aromatic N) is 2. The van der Waals surface area contributed by atoms with Crippen LogP contribution in [0.1, 0.15) is 6.42 Å². The number of nitriles is 1. The van der Waals surface area contributed by atoms with E-state index in [1.807, 2.05) is 6.07 Å². The molecule has 0 unspecified atom stereocenters. The van der Waals surface area contributed by atoms with Gasteiger partial charge in [-0.05, 0) is 36.4 Å². The molecule has 2 aromatic rings. The molecule has 0 aromatic heterocycles. The first-order valence-corrected chi connectivity index (χ1v) is 9.18. The highest BCUT2D eigenvalue weighted by atomic mass is 19.1. The van der Waals surface area contributed by atoms with E-state index in [0.717, 1.165) is 0 Å². The summed E-state index contributed by atoms with van der Waals surface area (Å²) in [6.07, 6.45) is 0.0990. The molecule has 9 heteroatoms. The van der Waals surface area contributed by atoms with Crippen LogP contribution in [0, 0.1) is 17.1 Å². The molecule has 0 radical (unpaired) electrons. The second-order valence-corrected chi connectivity index (χ2v) is 6.18. The summed E-state index contributed by atoms with van der Waals surface area (Å²) in [5, 5.41) is 8.89. The van der Waals surface area contributed by atoms with Crippen molar-refractivity contribution < 1.29 is 32.9 Å². The van der Waals surface area contributed by atoms with Gasteiger partial charge in [-0.1, -0.05) is 0 Å². The van der Waals surface area contributed by atoms with Gasteiger partial charge in [0.15, 0.2) is 24.7 Å². The van der Waals surface area contributed by atoms with Gasteiger partial charge in [-0.3, -0.25) is 4.79 Å². The number of esters is 1. The van der Waals surface area contributed by atoms with Gasteiger partial charge in [-0.15, -0.1) is 0 Å². The van der Waals surface area contributed by atoms with Crippen molar-refractivity contribution in [1.29, 1.82) is 5.26 Å². The summed E-state index contributed by atoms with van der Waals surface area (Å²) in [4.78, 5) is 25.8. The normalized spacial score (nSPS) is 11.9. The van der Waals surface area contributed by atoms with Crippen LogP contribution < -0.4 is 19.1 Å². The van der Waals surface area contributed by atoms with Gasteiger partial charge in [-0.25, -0.2) is 9.18 Å². The summed E-state index contributed by atoms with van der Waals surface area (Å²) < 4.78 is 34.0. The number of ether oxygens (including phenoxy) is 4. The van der Waals surface area contributed by atoms with E-state index in [4.69, 9.17) is 24.2 Å². The lowest BCUT2D eigenvalue weighted by Crippen LogP contribution is -2.36. The topological polar surface area (TPSA) is 98.1 Å². The van der Waals surface area contributed by atoms with Gasteiger partial charge in [0.05, 0.1) is 12.5 Å². The number of carbonyl (C=O) groups is 2. The predicted molar refractivity (Wildman–Crippen MR) is 103 cm³/mol. The third-order valence-corrected chi connectivity index (χ3v) is 4.11. The lowest BCUT2D eigenvalue weighted by molar-refractivity contribution is -0.149. The second kappa shape index (κ2) is 10.1. The largest absolute Gasteiger partial charge is 0.486 e. The first-order chi connectivity index (χ1) is 14.6. The number of anilines is 1. The van der Waals surface area contributed by atoms with Crippen molar-refractivity contribution in [3.8, 4) is 23.3 Å². The Balaban J connectivity index is 1.57. The fraction of sp³-hybridized carbons (Fsp3) is 0.286. The van der Waals surface area contributed by atoms with Crippen LogP contribution in [0.15, 0.2) is 42.5 Å². The Labute approximate surface area is 172 Å². The highest BCUT2D eigenvalue weighted by Gasteiger charge is 2.21. The van der Waals surface area contributed by atoms with Crippen molar-refractivity contribution in [3.63, 3.8) is 0 Å². The number of amides is 1. The highest BCUT2D eigenvalue weighted by Crippen LogP contribution is 2.34. The maximum atomic E-state index is 12.9. The number of halogens is 1. The monoisotopic (exact) mass is 414 g/mol. The van der Waals surface area contributed by atoms with Crippen LogP contribution in [0.25, 0.3) is 0 Å². The first kappa shape index (κ1) is 20.9. The smallest absolute Gasteiger partial charge is 0.344 e. The zero-order chi connectivity index (χ0) is 21.3. The number of benzene rings is 2. The van der Waals surface area contributed by atoms with Crippen molar-refractivity contribution in [2.24, 2.45) is 0 Å². The van der Waals surface area contributed by atoms with Crippen LogP contribution in [0.2, 0.25) is 0 Å². The molecule has 0 N–H and O–H groups in total. The molecule has 30 heavy (non-hydrogen) atoms.